The lowest BCUT2D eigenvalue weighted by Crippen LogP contribution is -1.93. The molecule has 0 amide bonds. The van der Waals surface area contributed by atoms with Crippen molar-refractivity contribution in [2.45, 2.75) is 6.92 Å². The molecule has 1 heterocycles. The first-order chi connectivity index (χ1) is 8.11. The van der Waals surface area contributed by atoms with Crippen molar-refractivity contribution in [1.29, 1.82) is 0 Å². The zero-order valence-electron chi connectivity index (χ0n) is 9.34. The minimum atomic E-state index is 0.413. The Kier molecular flexibility index (Phi) is 3.55. The molecule has 0 aliphatic carbocycles. The Hall–Kier alpha value is -1.25. The van der Waals surface area contributed by atoms with Gasteiger partial charge >= 0.3 is 0 Å². The smallest absolute Gasteiger partial charge is 0.130 e. The number of pyridine rings is 1. The van der Waals surface area contributed by atoms with Gasteiger partial charge < -0.3 is 4.74 Å². The van der Waals surface area contributed by atoms with E-state index in [-0.39, 0.29) is 0 Å². The topological polar surface area (TPSA) is 22.1 Å². The molecule has 4 heteroatoms. The number of hydrogen-bond donors (Lipinski definition) is 0. The average molecular weight is 268 g/mol. The number of benzene rings is 1. The lowest BCUT2D eigenvalue weighted by atomic mass is 10.1. The van der Waals surface area contributed by atoms with Crippen LogP contribution in [0.2, 0.25) is 10.2 Å². The molecular weight excluding hydrogens is 257 g/mol. The second kappa shape index (κ2) is 4.94. The monoisotopic (exact) mass is 267 g/mol. The van der Waals surface area contributed by atoms with Crippen molar-refractivity contribution in [1.82, 2.24) is 4.98 Å². The molecule has 2 aromatic rings. The number of ether oxygens (including phenoxy) is 1. The van der Waals surface area contributed by atoms with E-state index in [2.05, 4.69) is 11.6 Å². The van der Waals surface area contributed by atoms with Gasteiger partial charge in [-0.15, -0.1) is 0 Å². The summed E-state index contributed by atoms with van der Waals surface area (Å²) in [7, 11) is 0. The van der Waals surface area contributed by atoms with Crippen LogP contribution >= 0.6 is 23.2 Å². The second-order valence-electron chi connectivity index (χ2n) is 3.51. The van der Waals surface area contributed by atoms with Crippen molar-refractivity contribution >= 4 is 39.9 Å². The van der Waals surface area contributed by atoms with Crippen molar-refractivity contribution in [3.8, 4) is 0 Å². The minimum Gasteiger partial charge on any atom is -0.494 e. The lowest BCUT2D eigenvalue weighted by molar-refractivity contribution is 0.299. The van der Waals surface area contributed by atoms with Crippen LogP contribution < -0.4 is 0 Å². The zero-order valence-corrected chi connectivity index (χ0v) is 10.8. The highest BCUT2D eigenvalue weighted by molar-refractivity contribution is 6.32. The Bertz CT molecular complexity index is 581. The molecule has 0 N–H and O–H groups in total. The van der Waals surface area contributed by atoms with Gasteiger partial charge in [-0.1, -0.05) is 29.8 Å². The summed E-state index contributed by atoms with van der Waals surface area (Å²) in [4.78, 5) is 4.23. The van der Waals surface area contributed by atoms with Crippen LogP contribution in [0.4, 0.5) is 0 Å². The van der Waals surface area contributed by atoms with Crippen molar-refractivity contribution in [3.05, 3.63) is 46.6 Å². The molecule has 0 saturated heterocycles. The molecule has 0 aliphatic rings. The van der Waals surface area contributed by atoms with Gasteiger partial charge in [0.25, 0.3) is 0 Å². The maximum absolute atomic E-state index is 5.98. The molecule has 1 aromatic carbocycles. The van der Waals surface area contributed by atoms with Gasteiger partial charge in [0.15, 0.2) is 0 Å². The van der Waals surface area contributed by atoms with E-state index < -0.39 is 0 Å². The number of hydrogen-bond acceptors (Lipinski definition) is 2. The summed E-state index contributed by atoms with van der Waals surface area (Å²) >= 11 is 11.9. The molecule has 0 radical (unpaired) electrons. The Balaban J connectivity index is 2.67. The summed E-state index contributed by atoms with van der Waals surface area (Å²) in [5, 5.41) is 1.95. The van der Waals surface area contributed by atoms with Crippen LogP contribution in [0.3, 0.4) is 0 Å². The molecule has 0 spiro atoms. The Labute approximate surface area is 110 Å². The van der Waals surface area contributed by atoms with Gasteiger partial charge in [-0.05, 0) is 31.2 Å². The first kappa shape index (κ1) is 12.2. The SMILES string of the molecule is C=C(OCC)c1cc(Cl)nc2ccc(Cl)cc12. The van der Waals surface area contributed by atoms with Crippen molar-refractivity contribution < 1.29 is 4.74 Å². The fourth-order valence-electron chi connectivity index (χ4n) is 1.65. The minimum absolute atomic E-state index is 0.413. The third kappa shape index (κ3) is 2.54. The van der Waals surface area contributed by atoms with Crippen LogP contribution in [-0.4, -0.2) is 11.6 Å². The van der Waals surface area contributed by atoms with Crippen LogP contribution in [0.5, 0.6) is 0 Å². The van der Waals surface area contributed by atoms with Gasteiger partial charge in [0.2, 0.25) is 0 Å². The van der Waals surface area contributed by atoms with E-state index in [1.165, 1.54) is 0 Å². The van der Waals surface area contributed by atoms with E-state index in [9.17, 15) is 0 Å². The Morgan fingerprint density at radius 1 is 1.35 bits per heavy atom. The molecule has 17 heavy (non-hydrogen) atoms. The van der Waals surface area contributed by atoms with Crippen molar-refractivity contribution in [3.63, 3.8) is 0 Å². The summed E-state index contributed by atoms with van der Waals surface area (Å²) in [5.74, 6) is 0.573. The van der Waals surface area contributed by atoms with Crippen LogP contribution in [0, 0.1) is 0 Å². The number of halogens is 2. The molecule has 0 bridgehead atoms. The molecule has 2 rings (SSSR count). The summed E-state index contributed by atoms with van der Waals surface area (Å²) in [5.41, 5.74) is 1.60. The standard InChI is InChI=1S/C13H11Cl2NO/c1-3-17-8(2)10-7-13(15)16-12-5-4-9(14)6-11(10)12/h4-7H,2-3H2,1H3. The summed E-state index contributed by atoms with van der Waals surface area (Å²) in [6.45, 7) is 6.35. The first-order valence-corrected chi connectivity index (χ1v) is 5.95. The molecular formula is C13H11Cl2NO. The number of rotatable bonds is 3. The Morgan fingerprint density at radius 3 is 2.82 bits per heavy atom. The van der Waals surface area contributed by atoms with Gasteiger partial charge in [0.1, 0.15) is 10.9 Å². The van der Waals surface area contributed by atoms with Crippen molar-refractivity contribution in [2.75, 3.05) is 6.61 Å². The molecule has 0 saturated carbocycles. The third-order valence-electron chi connectivity index (χ3n) is 2.36. The van der Waals surface area contributed by atoms with Crippen LogP contribution in [0.25, 0.3) is 16.7 Å². The molecule has 0 fully saturated rings. The normalized spacial score (nSPS) is 10.5. The van der Waals surface area contributed by atoms with Crippen LogP contribution in [-0.2, 0) is 4.74 Å². The van der Waals surface area contributed by atoms with Crippen LogP contribution in [0.15, 0.2) is 30.8 Å². The fourth-order valence-corrected chi connectivity index (χ4v) is 2.02. The van der Waals surface area contributed by atoms with E-state index in [0.717, 1.165) is 16.5 Å². The molecule has 1 aromatic heterocycles. The molecule has 0 atom stereocenters. The van der Waals surface area contributed by atoms with Gasteiger partial charge in [-0.2, -0.15) is 0 Å². The molecule has 2 nitrogen and oxygen atoms in total. The highest BCUT2D eigenvalue weighted by Crippen LogP contribution is 2.28. The third-order valence-corrected chi connectivity index (χ3v) is 2.79. The maximum atomic E-state index is 5.98. The van der Waals surface area contributed by atoms with E-state index in [4.69, 9.17) is 27.9 Å². The first-order valence-electron chi connectivity index (χ1n) is 5.19. The van der Waals surface area contributed by atoms with E-state index in [1.807, 2.05) is 19.1 Å². The number of aromatic nitrogens is 1. The maximum Gasteiger partial charge on any atom is 0.130 e. The summed E-state index contributed by atoms with van der Waals surface area (Å²) < 4.78 is 5.41. The number of nitrogens with zero attached hydrogens (tertiary/aromatic N) is 1. The highest BCUT2D eigenvalue weighted by Gasteiger charge is 2.09. The molecule has 0 unspecified atom stereocenters. The van der Waals surface area contributed by atoms with E-state index >= 15 is 0 Å². The predicted octanol–water partition coefficient (Wildman–Crippen LogP) is 4.55. The molecule has 88 valence electrons. The quantitative estimate of drug-likeness (QED) is 0.601. The summed E-state index contributed by atoms with van der Waals surface area (Å²) in [6.07, 6.45) is 0. The highest BCUT2D eigenvalue weighted by atomic mass is 35.5. The van der Waals surface area contributed by atoms with E-state index in [0.29, 0.717) is 22.5 Å². The largest absolute Gasteiger partial charge is 0.494 e. The second-order valence-corrected chi connectivity index (χ2v) is 4.33. The van der Waals surface area contributed by atoms with Gasteiger partial charge in [-0.25, -0.2) is 4.98 Å². The predicted molar refractivity (Wildman–Crippen MR) is 72.4 cm³/mol. The van der Waals surface area contributed by atoms with Gasteiger partial charge in [0, 0.05) is 16.0 Å². The van der Waals surface area contributed by atoms with Crippen molar-refractivity contribution in [2.24, 2.45) is 0 Å². The number of fused-ring (bicyclic) bond motifs is 1. The van der Waals surface area contributed by atoms with Gasteiger partial charge in [0.05, 0.1) is 12.1 Å². The summed E-state index contributed by atoms with van der Waals surface area (Å²) in [6, 6.07) is 7.17. The van der Waals surface area contributed by atoms with Gasteiger partial charge in [-0.3, -0.25) is 0 Å². The lowest BCUT2D eigenvalue weighted by Gasteiger charge is -2.10. The van der Waals surface area contributed by atoms with E-state index in [1.54, 1.807) is 12.1 Å². The zero-order chi connectivity index (χ0) is 12.4. The fraction of sp³-hybridized carbons (Fsp3) is 0.154. The Morgan fingerprint density at radius 2 is 2.12 bits per heavy atom. The molecule has 0 aliphatic heterocycles. The van der Waals surface area contributed by atoms with Crippen LogP contribution in [0.1, 0.15) is 12.5 Å². The average Bonchev–Trinajstić information content (AvgIpc) is 2.29.